The zero-order chi connectivity index (χ0) is 17.0. The van der Waals surface area contributed by atoms with E-state index in [-0.39, 0.29) is 11.2 Å². The third kappa shape index (κ3) is 4.02. The number of nitrogens with zero attached hydrogens (tertiary/aromatic N) is 2. The lowest BCUT2D eigenvalue weighted by Crippen LogP contribution is -2.27. The predicted molar refractivity (Wildman–Crippen MR) is 94.0 cm³/mol. The number of rotatable bonds is 6. The van der Waals surface area contributed by atoms with Gasteiger partial charge in [0.05, 0.1) is 5.69 Å². The van der Waals surface area contributed by atoms with E-state index < -0.39 is 0 Å². The van der Waals surface area contributed by atoms with Gasteiger partial charge >= 0.3 is 0 Å². The summed E-state index contributed by atoms with van der Waals surface area (Å²) in [6, 6.07) is 9.85. The van der Waals surface area contributed by atoms with Crippen LogP contribution < -0.4 is 5.43 Å². The molecule has 0 atom stereocenters. The lowest BCUT2D eigenvalue weighted by atomic mass is 10.1. The van der Waals surface area contributed by atoms with Gasteiger partial charge in [0, 0.05) is 24.8 Å². The van der Waals surface area contributed by atoms with Crippen molar-refractivity contribution >= 4 is 0 Å². The van der Waals surface area contributed by atoms with Crippen molar-refractivity contribution in [3.63, 3.8) is 0 Å². The third-order valence-electron chi connectivity index (χ3n) is 4.33. The predicted octanol–water partition coefficient (Wildman–Crippen LogP) is 3.06. The smallest absolute Gasteiger partial charge is 0.223 e. The molecule has 0 bridgehead atoms. The monoisotopic (exact) mass is 314 g/mol. The van der Waals surface area contributed by atoms with Crippen LogP contribution in [0, 0.1) is 13.8 Å². The van der Waals surface area contributed by atoms with Gasteiger partial charge in [-0.1, -0.05) is 43.7 Å². The van der Waals surface area contributed by atoms with Gasteiger partial charge in [0.15, 0.2) is 5.75 Å². The summed E-state index contributed by atoms with van der Waals surface area (Å²) in [5, 5.41) is 10.3. The van der Waals surface area contributed by atoms with E-state index >= 15 is 0 Å². The molecule has 0 saturated heterocycles. The lowest BCUT2D eigenvalue weighted by molar-refractivity contribution is 0.280. The summed E-state index contributed by atoms with van der Waals surface area (Å²) in [5.41, 5.74) is 3.64. The molecule has 0 saturated carbocycles. The Kier molecular flexibility index (Phi) is 5.61. The molecule has 0 aliphatic heterocycles. The molecule has 2 rings (SSSR count). The van der Waals surface area contributed by atoms with E-state index in [0.29, 0.717) is 18.8 Å². The number of hydrogen-bond donors (Lipinski definition) is 1. The van der Waals surface area contributed by atoms with Crippen molar-refractivity contribution in [2.24, 2.45) is 0 Å². The highest BCUT2D eigenvalue weighted by molar-refractivity contribution is 5.31. The van der Waals surface area contributed by atoms with Gasteiger partial charge in [-0.3, -0.25) is 9.69 Å². The number of hydrogen-bond acceptors (Lipinski definition) is 3. The molecule has 1 N–H and O–H groups in total. The first-order valence-electron chi connectivity index (χ1n) is 8.16. The van der Waals surface area contributed by atoms with Gasteiger partial charge in [-0.2, -0.15) is 0 Å². The number of aryl methyl sites for hydroxylation is 2. The minimum atomic E-state index is -0.301. The van der Waals surface area contributed by atoms with E-state index in [4.69, 9.17) is 0 Å². The highest BCUT2D eigenvalue weighted by atomic mass is 16.3. The molecule has 0 unspecified atom stereocenters. The topological polar surface area (TPSA) is 45.5 Å². The summed E-state index contributed by atoms with van der Waals surface area (Å²) in [5.74, 6) is -0.130. The summed E-state index contributed by atoms with van der Waals surface area (Å²) >= 11 is 0. The molecule has 1 heterocycles. The quantitative estimate of drug-likeness (QED) is 0.891. The van der Waals surface area contributed by atoms with Crippen LogP contribution in [0.4, 0.5) is 0 Å². The van der Waals surface area contributed by atoms with E-state index in [1.54, 1.807) is 0 Å². The average molecular weight is 314 g/mol. The minimum absolute atomic E-state index is 0.130. The molecule has 1 aromatic heterocycles. The van der Waals surface area contributed by atoms with Gasteiger partial charge < -0.3 is 9.67 Å². The van der Waals surface area contributed by atoms with Crippen molar-refractivity contribution in [2.45, 2.75) is 40.8 Å². The standard InChI is InChI=1S/C19H26N2O2/c1-5-20(6-2)13-17-19(23)18(22)11-15(4)21(17)12-16-9-7-14(3)8-10-16/h7-11,23H,5-6,12-13H2,1-4H3. The highest BCUT2D eigenvalue weighted by Gasteiger charge is 2.15. The van der Waals surface area contributed by atoms with Crippen LogP contribution in [0.25, 0.3) is 0 Å². The summed E-state index contributed by atoms with van der Waals surface area (Å²) in [4.78, 5) is 14.2. The summed E-state index contributed by atoms with van der Waals surface area (Å²) < 4.78 is 2.04. The fourth-order valence-electron chi connectivity index (χ4n) is 2.73. The Bertz CT molecular complexity index is 713. The van der Waals surface area contributed by atoms with Crippen molar-refractivity contribution in [3.05, 3.63) is 63.1 Å². The van der Waals surface area contributed by atoms with Gasteiger partial charge in [0.1, 0.15) is 0 Å². The maximum Gasteiger partial charge on any atom is 0.223 e. The molecule has 0 aliphatic rings. The van der Waals surface area contributed by atoms with Crippen molar-refractivity contribution in [1.29, 1.82) is 0 Å². The van der Waals surface area contributed by atoms with E-state index in [9.17, 15) is 9.90 Å². The Morgan fingerprint density at radius 1 is 1.09 bits per heavy atom. The van der Waals surface area contributed by atoms with Crippen molar-refractivity contribution < 1.29 is 5.11 Å². The van der Waals surface area contributed by atoms with Crippen molar-refractivity contribution in [1.82, 2.24) is 9.47 Å². The van der Waals surface area contributed by atoms with Crippen LogP contribution in [0.1, 0.15) is 36.4 Å². The average Bonchev–Trinajstić information content (AvgIpc) is 2.54. The van der Waals surface area contributed by atoms with Crippen LogP contribution in [-0.2, 0) is 13.1 Å². The van der Waals surface area contributed by atoms with E-state index in [1.165, 1.54) is 11.6 Å². The van der Waals surface area contributed by atoms with Crippen molar-refractivity contribution in [2.75, 3.05) is 13.1 Å². The normalized spacial score (nSPS) is 11.2. The van der Waals surface area contributed by atoms with Crippen LogP contribution in [-0.4, -0.2) is 27.7 Å². The van der Waals surface area contributed by atoms with Gasteiger partial charge in [-0.05, 0) is 32.5 Å². The summed E-state index contributed by atoms with van der Waals surface area (Å²) in [6.07, 6.45) is 0. The van der Waals surface area contributed by atoms with Crippen LogP contribution in [0.15, 0.2) is 35.1 Å². The Morgan fingerprint density at radius 2 is 1.70 bits per heavy atom. The lowest BCUT2D eigenvalue weighted by Gasteiger charge is -2.24. The number of aromatic nitrogens is 1. The van der Waals surface area contributed by atoms with Crippen LogP contribution >= 0.6 is 0 Å². The first-order chi connectivity index (χ1) is 11.0. The van der Waals surface area contributed by atoms with E-state index in [2.05, 4.69) is 49.9 Å². The fraction of sp³-hybridized carbons (Fsp3) is 0.421. The maximum atomic E-state index is 12.0. The van der Waals surface area contributed by atoms with Crippen LogP contribution in [0.5, 0.6) is 5.75 Å². The summed E-state index contributed by atoms with van der Waals surface area (Å²) in [6.45, 7) is 11.1. The first kappa shape index (κ1) is 17.3. The zero-order valence-corrected chi connectivity index (χ0v) is 14.5. The molecule has 0 amide bonds. The molecule has 0 fully saturated rings. The fourth-order valence-corrected chi connectivity index (χ4v) is 2.73. The molecule has 4 nitrogen and oxygen atoms in total. The Hall–Kier alpha value is -2.07. The second kappa shape index (κ2) is 7.47. The van der Waals surface area contributed by atoms with Gasteiger partial charge in [-0.25, -0.2) is 0 Å². The van der Waals surface area contributed by atoms with Crippen LogP contribution in [0.3, 0.4) is 0 Å². The third-order valence-corrected chi connectivity index (χ3v) is 4.33. The molecule has 4 heteroatoms. The molecule has 0 spiro atoms. The molecule has 124 valence electrons. The van der Waals surface area contributed by atoms with Gasteiger partial charge in [-0.15, -0.1) is 0 Å². The molecule has 2 aromatic rings. The maximum absolute atomic E-state index is 12.0. The SMILES string of the molecule is CCN(CC)Cc1c(O)c(=O)cc(C)n1Cc1ccc(C)cc1. The number of aromatic hydroxyl groups is 1. The second-order valence-corrected chi connectivity index (χ2v) is 5.98. The largest absolute Gasteiger partial charge is 0.503 e. The van der Waals surface area contributed by atoms with Gasteiger partial charge in [0.2, 0.25) is 5.43 Å². The molecule has 23 heavy (non-hydrogen) atoms. The number of benzene rings is 1. The second-order valence-electron chi connectivity index (χ2n) is 5.98. The van der Waals surface area contributed by atoms with Crippen LogP contribution in [0.2, 0.25) is 0 Å². The minimum Gasteiger partial charge on any atom is -0.503 e. The molecule has 1 aromatic carbocycles. The highest BCUT2D eigenvalue weighted by Crippen LogP contribution is 2.19. The number of pyridine rings is 1. The molecule has 0 radical (unpaired) electrons. The van der Waals surface area contributed by atoms with E-state index in [0.717, 1.165) is 24.3 Å². The molecular formula is C19H26N2O2. The molecule has 0 aliphatic carbocycles. The van der Waals surface area contributed by atoms with Gasteiger partial charge in [0.25, 0.3) is 0 Å². The van der Waals surface area contributed by atoms with Crippen molar-refractivity contribution in [3.8, 4) is 5.75 Å². The molecular weight excluding hydrogens is 288 g/mol. The summed E-state index contributed by atoms with van der Waals surface area (Å²) in [7, 11) is 0. The Labute approximate surface area is 138 Å². The Morgan fingerprint density at radius 3 is 2.26 bits per heavy atom. The Balaban J connectivity index is 2.46. The first-order valence-corrected chi connectivity index (χ1v) is 8.16. The zero-order valence-electron chi connectivity index (χ0n) is 14.5. The van der Waals surface area contributed by atoms with E-state index in [1.807, 2.05) is 11.5 Å².